The predicted octanol–water partition coefficient (Wildman–Crippen LogP) is 3.84. The van der Waals surface area contributed by atoms with E-state index in [2.05, 4.69) is 4.98 Å². The largest absolute Gasteiger partial charge is 0.478 e. The Hall–Kier alpha value is -2.55. The lowest BCUT2D eigenvalue weighted by atomic mass is 10.0. The summed E-state index contributed by atoms with van der Waals surface area (Å²) in [5.41, 5.74) is 3.87. The number of hydrogen-bond acceptors (Lipinski definition) is 1. The summed E-state index contributed by atoms with van der Waals surface area (Å²) in [6.45, 7) is 2.01. The Bertz CT molecular complexity index is 754. The van der Waals surface area contributed by atoms with E-state index in [0.717, 1.165) is 22.0 Å². The highest BCUT2D eigenvalue weighted by Crippen LogP contribution is 2.30. The molecular weight excluding hydrogens is 238 g/mol. The third kappa shape index (κ3) is 1.89. The summed E-state index contributed by atoms with van der Waals surface area (Å²) >= 11 is 0. The lowest BCUT2D eigenvalue weighted by Crippen LogP contribution is -1.97. The standard InChI is InChI=1S/C16H13NO2/c1-10-6-8-11(9-7-10)15-14(16(18)19)12-4-2-3-5-13(12)17-15/h2-9,17H,1H3,(H,18,19). The number of rotatable bonds is 2. The summed E-state index contributed by atoms with van der Waals surface area (Å²) in [5, 5.41) is 10.2. The molecule has 0 spiro atoms. The zero-order valence-corrected chi connectivity index (χ0v) is 10.5. The van der Waals surface area contributed by atoms with Crippen LogP contribution in [-0.4, -0.2) is 16.1 Å². The highest BCUT2D eigenvalue weighted by Gasteiger charge is 2.18. The predicted molar refractivity (Wildman–Crippen MR) is 75.4 cm³/mol. The smallest absolute Gasteiger partial charge is 0.338 e. The molecule has 0 bridgehead atoms. The summed E-state index contributed by atoms with van der Waals surface area (Å²) in [6, 6.07) is 15.3. The fraction of sp³-hybridized carbons (Fsp3) is 0.0625. The topological polar surface area (TPSA) is 53.1 Å². The maximum Gasteiger partial charge on any atom is 0.338 e. The first-order chi connectivity index (χ1) is 9.16. The van der Waals surface area contributed by atoms with Gasteiger partial charge in [0, 0.05) is 10.9 Å². The molecule has 0 unspecified atom stereocenters. The molecule has 3 nitrogen and oxygen atoms in total. The van der Waals surface area contributed by atoms with Crippen molar-refractivity contribution >= 4 is 16.9 Å². The van der Waals surface area contributed by atoms with Crippen molar-refractivity contribution in [1.82, 2.24) is 4.98 Å². The average Bonchev–Trinajstić information content (AvgIpc) is 2.78. The van der Waals surface area contributed by atoms with Crippen LogP contribution in [0.25, 0.3) is 22.2 Å². The Morgan fingerprint density at radius 3 is 2.42 bits per heavy atom. The van der Waals surface area contributed by atoms with Crippen molar-refractivity contribution in [2.75, 3.05) is 0 Å². The van der Waals surface area contributed by atoms with Gasteiger partial charge in [-0.1, -0.05) is 48.0 Å². The van der Waals surface area contributed by atoms with Gasteiger partial charge in [-0.3, -0.25) is 0 Å². The molecule has 0 aliphatic carbocycles. The SMILES string of the molecule is Cc1ccc(-c2[nH]c3ccccc3c2C(=O)O)cc1. The number of fused-ring (bicyclic) bond motifs is 1. The van der Waals surface area contributed by atoms with Crippen molar-refractivity contribution in [3.63, 3.8) is 0 Å². The van der Waals surface area contributed by atoms with Crippen molar-refractivity contribution in [2.45, 2.75) is 6.92 Å². The zero-order valence-electron chi connectivity index (χ0n) is 10.5. The van der Waals surface area contributed by atoms with Crippen molar-refractivity contribution in [2.24, 2.45) is 0 Å². The number of aryl methyl sites for hydroxylation is 1. The molecule has 0 saturated carbocycles. The van der Waals surface area contributed by atoms with Crippen molar-refractivity contribution in [3.8, 4) is 11.3 Å². The Morgan fingerprint density at radius 2 is 1.74 bits per heavy atom. The molecule has 94 valence electrons. The molecule has 3 aromatic rings. The summed E-state index contributed by atoms with van der Waals surface area (Å²) in [6.07, 6.45) is 0. The van der Waals surface area contributed by atoms with Gasteiger partial charge in [-0.2, -0.15) is 0 Å². The number of carboxylic acid groups (broad SMARTS) is 1. The second-order valence-corrected chi connectivity index (χ2v) is 4.59. The number of hydrogen-bond donors (Lipinski definition) is 2. The number of benzene rings is 2. The molecular formula is C16H13NO2. The molecule has 0 radical (unpaired) electrons. The number of H-pyrrole nitrogens is 1. The third-order valence-electron chi connectivity index (χ3n) is 3.26. The van der Waals surface area contributed by atoms with Gasteiger partial charge in [0.25, 0.3) is 0 Å². The van der Waals surface area contributed by atoms with Crippen LogP contribution in [-0.2, 0) is 0 Å². The van der Waals surface area contributed by atoms with Crippen LogP contribution in [0, 0.1) is 6.92 Å². The van der Waals surface area contributed by atoms with Crippen molar-refractivity contribution in [3.05, 3.63) is 59.7 Å². The number of aromatic carboxylic acids is 1. The Morgan fingerprint density at radius 1 is 1.05 bits per heavy atom. The van der Waals surface area contributed by atoms with Gasteiger partial charge in [-0.25, -0.2) is 4.79 Å². The van der Waals surface area contributed by atoms with Crippen molar-refractivity contribution < 1.29 is 9.90 Å². The number of para-hydroxylation sites is 1. The fourth-order valence-corrected chi connectivity index (χ4v) is 2.30. The highest BCUT2D eigenvalue weighted by atomic mass is 16.4. The van der Waals surface area contributed by atoms with Crippen LogP contribution in [0.3, 0.4) is 0 Å². The maximum atomic E-state index is 11.5. The van der Waals surface area contributed by atoms with E-state index in [0.29, 0.717) is 11.3 Å². The van der Waals surface area contributed by atoms with Crippen LogP contribution in [0.1, 0.15) is 15.9 Å². The van der Waals surface area contributed by atoms with Gasteiger partial charge in [-0.15, -0.1) is 0 Å². The van der Waals surface area contributed by atoms with Crippen LogP contribution >= 0.6 is 0 Å². The molecule has 3 heteroatoms. The fourth-order valence-electron chi connectivity index (χ4n) is 2.30. The van der Waals surface area contributed by atoms with Crippen LogP contribution in [0.4, 0.5) is 0 Å². The van der Waals surface area contributed by atoms with E-state index >= 15 is 0 Å². The number of carbonyl (C=O) groups is 1. The number of aromatic nitrogens is 1. The molecule has 2 N–H and O–H groups in total. The van der Waals surface area contributed by atoms with Crippen molar-refractivity contribution in [1.29, 1.82) is 0 Å². The van der Waals surface area contributed by atoms with Crippen LogP contribution < -0.4 is 0 Å². The molecule has 0 aliphatic heterocycles. The lowest BCUT2D eigenvalue weighted by molar-refractivity contribution is 0.0700. The molecule has 1 heterocycles. The van der Waals surface area contributed by atoms with E-state index in [1.165, 1.54) is 0 Å². The minimum absolute atomic E-state index is 0.333. The first-order valence-corrected chi connectivity index (χ1v) is 6.08. The minimum Gasteiger partial charge on any atom is -0.478 e. The van der Waals surface area contributed by atoms with E-state index in [1.807, 2.05) is 55.5 Å². The molecule has 0 atom stereocenters. The molecule has 3 rings (SSSR count). The average molecular weight is 251 g/mol. The minimum atomic E-state index is -0.909. The van der Waals surface area contributed by atoms with Gasteiger partial charge < -0.3 is 10.1 Å². The van der Waals surface area contributed by atoms with E-state index in [1.54, 1.807) is 0 Å². The monoisotopic (exact) mass is 251 g/mol. The normalized spacial score (nSPS) is 10.8. The van der Waals surface area contributed by atoms with Crippen LogP contribution in [0.15, 0.2) is 48.5 Å². The summed E-state index contributed by atoms with van der Waals surface area (Å²) in [7, 11) is 0. The highest BCUT2D eigenvalue weighted by molar-refractivity contribution is 6.09. The van der Waals surface area contributed by atoms with Gasteiger partial charge in [0.2, 0.25) is 0 Å². The quantitative estimate of drug-likeness (QED) is 0.727. The Balaban J connectivity index is 2.31. The first-order valence-electron chi connectivity index (χ1n) is 6.08. The number of carboxylic acids is 1. The molecule has 19 heavy (non-hydrogen) atoms. The molecule has 2 aromatic carbocycles. The lowest BCUT2D eigenvalue weighted by Gasteiger charge is -2.01. The van der Waals surface area contributed by atoms with E-state index in [9.17, 15) is 9.90 Å². The third-order valence-corrected chi connectivity index (χ3v) is 3.26. The molecule has 0 aliphatic rings. The van der Waals surface area contributed by atoms with Gasteiger partial charge >= 0.3 is 5.97 Å². The summed E-state index contributed by atoms with van der Waals surface area (Å²) in [5.74, 6) is -0.909. The second-order valence-electron chi connectivity index (χ2n) is 4.59. The second kappa shape index (κ2) is 4.28. The summed E-state index contributed by atoms with van der Waals surface area (Å²) < 4.78 is 0. The molecule has 0 fully saturated rings. The Labute approximate surface area is 110 Å². The number of nitrogens with one attached hydrogen (secondary N) is 1. The molecule has 0 amide bonds. The van der Waals surface area contributed by atoms with Gasteiger partial charge in [0.1, 0.15) is 0 Å². The van der Waals surface area contributed by atoms with Crippen LogP contribution in [0.2, 0.25) is 0 Å². The first kappa shape index (κ1) is 11.5. The van der Waals surface area contributed by atoms with E-state index in [-0.39, 0.29) is 0 Å². The number of aromatic amines is 1. The van der Waals surface area contributed by atoms with Crippen LogP contribution in [0.5, 0.6) is 0 Å². The summed E-state index contributed by atoms with van der Waals surface area (Å²) in [4.78, 5) is 14.7. The van der Waals surface area contributed by atoms with Gasteiger partial charge in [-0.05, 0) is 18.6 Å². The van der Waals surface area contributed by atoms with E-state index < -0.39 is 5.97 Å². The zero-order chi connectivity index (χ0) is 13.4. The Kier molecular flexibility index (Phi) is 2.60. The molecule has 0 saturated heterocycles. The van der Waals surface area contributed by atoms with Gasteiger partial charge in [0.15, 0.2) is 0 Å². The molecule has 1 aromatic heterocycles. The van der Waals surface area contributed by atoms with Gasteiger partial charge in [0.05, 0.1) is 11.3 Å². The maximum absolute atomic E-state index is 11.5. The van der Waals surface area contributed by atoms with E-state index in [4.69, 9.17) is 0 Å².